The number of carbonyl (C=O) groups excluding carboxylic acids is 2. The van der Waals surface area contributed by atoms with E-state index >= 15 is 0 Å². The van der Waals surface area contributed by atoms with Crippen LogP contribution in [0.2, 0.25) is 0 Å². The van der Waals surface area contributed by atoms with Crippen molar-refractivity contribution in [3.63, 3.8) is 0 Å². The molecule has 1 heterocycles. The summed E-state index contributed by atoms with van der Waals surface area (Å²) in [7, 11) is 1.64. The number of methoxy groups -OCH3 is 1. The highest BCUT2D eigenvalue weighted by molar-refractivity contribution is 6.00. The molecule has 0 radical (unpaired) electrons. The second-order valence-electron chi connectivity index (χ2n) is 6.54. The number of rotatable bonds is 4. The molecule has 1 spiro atoms. The van der Waals surface area contributed by atoms with Crippen molar-refractivity contribution in [1.82, 2.24) is 10.2 Å². The number of ether oxygens (including phenoxy) is 1. The molecule has 2 amide bonds. The van der Waals surface area contributed by atoms with Gasteiger partial charge in [-0.3, -0.25) is 9.59 Å². The molecule has 0 aromatic carbocycles. The second kappa shape index (κ2) is 5.02. The molecule has 0 aromatic heterocycles. The lowest BCUT2D eigenvalue weighted by molar-refractivity contribution is -0.162. The van der Waals surface area contributed by atoms with Crippen molar-refractivity contribution in [2.75, 3.05) is 13.7 Å². The fourth-order valence-corrected chi connectivity index (χ4v) is 3.94. The Labute approximate surface area is 120 Å². The first kappa shape index (κ1) is 13.9. The Morgan fingerprint density at radius 2 is 2.00 bits per heavy atom. The van der Waals surface area contributed by atoms with Gasteiger partial charge >= 0.3 is 0 Å². The zero-order valence-electron chi connectivity index (χ0n) is 12.4. The van der Waals surface area contributed by atoms with E-state index in [1.54, 1.807) is 7.11 Å². The third-order valence-corrected chi connectivity index (χ3v) is 5.05. The molecule has 0 aromatic rings. The first-order chi connectivity index (χ1) is 9.60. The Morgan fingerprint density at radius 1 is 1.35 bits per heavy atom. The number of nitrogens with one attached hydrogen (secondary N) is 1. The van der Waals surface area contributed by atoms with E-state index in [0.29, 0.717) is 12.5 Å². The summed E-state index contributed by atoms with van der Waals surface area (Å²) < 4.78 is 5.23. The summed E-state index contributed by atoms with van der Waals surface area (Å²) >= 11 is 0. The fraction of sp³-hybridized carbons (Fsp3) is 0.867. The lowest BCUT2D eigenvalue weighted by Gasteiger charge is -2.49. The van der Waals surface area contributed by atoms with Crippen molar-refractivity contribution in [3.8, 4) is 0 Å². The van der Waals surface area contributed by atoms with E-state index in [-0.39, 0.29) is 23.9 Å². The van der Waals surface area contributed by atoms with Crippen molar-refractivity contribution in [2.24, 2.45) is 5.92 Å². The average Bonchev–Trinajstić information content (AvgIpc) is 3.14. The molecule has 2 unspecified atom stereocenters. The maximum absolute atomic E-state index is 12.9. The molecule has 0 bridgehead atoms. The van der Waals surface area contributed by atoms with E-state index in [4.69, 9.17) is 4.74 Å². The van der Waals surface area contributed by atoms with Gasteiger partial charge in [0.2, 0.25) is 11.8 Å². The van der Waals surface area contributed by atoms with Gasteiger partial charge in [-0.2, -0.15) is 0 Å². The highest BCUT2D eigenvalue weighted by Crippen LogP contribution is 2.43. The predicted octanol–water partition coefficient (Wildman–Crippen LogP) is 1.07. The molecule has 2 aliphatic carbocycles. The van der Waals surface area contributed by atoms with Gasteiger partial charge in [0.05, 0.1) is 12.6 Å². The molecule has 2 atom stereocenters. The second-order valence-corrected chi connectivity index (χ2v) is 6.54. The molecule has 3 aliphatic rings. The molecule has 1 N–H and O–H groups in total. The SMILES string of the molecule is COCC(C)N1C(=O)C(C2CC2)NC(=O)C12CCCC2. The van der Waals surface area contributed by atoms with Crippen LogP contribution in [0.15, 0.2) is 0 Å². The molecule has 3 fully saturated rings. The smallest absolute Gasteiger partial charge is 0.246 e. The van der Waals surface area contributed by atoms with Crippen LogP contribution < -0.4 is 5.32 Å². The van der Waals surface area contributed by atoms with Gasteiger partial charge in [0, 0.05) is 7.11 Å². The number of nitrogens with zero attached hydrogens (tertiary/aromatic N) is 1. The minimum Gasteiger partial charge on any atom is -0.383 e. The lowest BCUT2D eigenvalue weighted by atomic mass is 9.87. The van der Waals surface area contributed by atoms with Gasteiger partial charge in [-0.15, -0.1) is 0 Å². The summed E-state index contributed by atoms with van der Waals surface area (Å²) in [5, 5.41) is 3.02. The van der Waals surface area contributed by atoms with Gasteiger partial charge in [0.1, 0.15) is 11.6 Å². The first-order valence-corrected chi connectivity index (χ1v) is 7.73. The normalized spacial score (nSPS) is 30.7. The quantitative estimate of drug-likeness (QED) is 0.838. The zero-order chi connectivity index (χ0) is 14.3. The maximum Gasteiger partial charge on any atom is 0.246 e. The standard InChI is InChI=1S/C15H24N2O3/c1-10(9-20-2)17-13(18)12(11-5-6-11)16-14(19)15(17)7-3-4-8-15/h10-12H,3-9H2,1-2H3,(H,16,19). The van der Waals surface area contributed by atoms with Crippen LogP contribution in [-0.2, 0) is 14.3 Å². The van der Waals surface area contributed by atoms with Crippen molar-refractivity contribution < 1.29 is 14.3 Å². The fourth-order valence-electron chi connectivity index (χ4n) is 3.94. The Morgan fingerprint density at radius 3 is 2.55 bits per heavy atom. The monoisotopic (exact) mass is 280 g/mol. The van der Waals surface area contributed by atoms with Crippen molar-refractivity contribution in [2.45, 2.75) is 63.1 Å². The Balaban J connectivity index is 1.91. The highest BCUT2D eigenvalue weighted by atomic mass is 16.5. The molecule has 20 heavy (non-hydrogen) atoms. The molecule has 112 valence electrons. The number of hydrogen-bond acceptors (Lipinski definition) is 3. The van der Waals surface area contributed by atoms with Crippen LogP contribution in [0.5, 0.6) is 0 Å². The van der Waals surface area contributed by atoms with Crippen LogP contribution in [-0.4, -0.2) is 48.1 Å². The molecular weight excluding hydrogens is 256 g/mol. The van der Waals surface area contributed by atoms with Crippen molar-refractivity contribution in [1.29, 1.82) is 0 Å². The first-order valence-electron chi connectivity index (χ1n) is 7.73. The largest absolute Gasteiger partial charge is 0.383 e. The van der Waals surface area contributed by atoms with Gasteiger partial charge in [-0.25, -0.2) is 0 Å². The van der Waals surface area contributed by atoms with E-state index < -0.39 is 5.54 Å². The lowest BCUT2D eigenvalue weighted by Crippen LogP contribution is -2.72. The third-order valence-electron chi connectivity index (χ3n) is 5.05. The third kappa shape index (κ3) is 2.03. The van der Waals surface area contributed by atoms with Crippen LogP contribution in [0.1, 0.15) is 45.4 Å². The summed E-state index contributed by atoms with van der Waals surface area (Å²) in [6.45, 7) is 2.47. The van der Waals surface area contributed by atoms with Gasteiger partial charge in [-0.1, -0.05) is 12.8 Å². The van der Waals surface area contributed by atoms with Gasteiger partial charge in [0.15, 0.2) is 0 Å². The van der Waals surface area contributed by atoms with Crippen LogP contribution in [0.3, 0.4) is 0 Å². The number of piperazine rings is 1. The van der Waals surface area contributed by atoms with Crippen LogP contribution in [0.4, 0.5) is 0 Å². The summed E-state index contributed by atoms with van der Waals surface area (Å²) in [5.41, 5.74) is -0.611. The van der Waals surface area contributed by atoms with Gasteiger partial charge in [-0.05, 0) is 38.5 Å². The van der Waals surface area contributed by atoms with Crippen LogP contribution in [0, 0.1) is 5.92 Å². The van der Waals surface area contributed by atoms with E-state index in [2.05, 4.69) is 5.32 Å². The van der Waals surface area contributed by atoms with E-state index in [0.717, 1.165) is 38.5 Å². The Kier molecular flexibility index (Phi) is 3.48. The van der Waals surface area contributed by atoms with E-state index in [1.165, 1.54) is 0 Å². The van der Waals surface area contributed by atoms with Crippen molar-refractivity contribution >= 4 is 11.8 Å². The molecule has 1 saturated heterocycles. The molecule has 1 aliphatic heterocycles. The van der Waals surface area contributed by atoms with Crippen molar-refractivity contribution in [3.05, 3.63) is 0 Å². The molecule has 5 nitrogen and oxygen atoms in total. The zero-order valence-corrected chi connectivity index (χ0v) is 12.4. The summed E-state index contributed by atoms with van der Waals surface area (Å²) in [6, 6.07) is -0.342. The predicted molar refractivity (Wildman–Crippen MR) is 74.0 cm³/mol. The molecular formula is C15H24N2O3. The van der Waals surface area contributed by atoms with E-state index in [1.807, 2.05) is 11.8 Å². The summed E-state index contributed by atoms with van der Waals surface area (Å²) in [5.74, 6) is 0.524. The van der Waals surface area contributed by atoms with Gasteiger partial charge < -0.3 is 15.0 Å². The van der Waals surface area contributed by atoms with Crippen LogP contribution >= 0.6 is 0 Å². The topological polar surface area (TPSA) is 58.6 Å². The number of carbonyl (C=O) groups is 2. The molecule has 3 rings (SSSR count). The number of hydrogen-bond donors (Lipinski definition) is 1. The summed E-state index contributed by atoms with van der Waals surface area (Å²) in [4.78, 5) is 27.4. The number of amides is 2. The molecule has 2 saturated carbocycles. The molecule has 5 heteroatoms. The van der Waals surface area contributed by atoms with E-state index in [9.17, 15) is 9.59 Å². The Bertz CT molecular complexity index is 413. The minimum atomic E-state index is -0.611. The average molecular weight is 280 g/mol. The highest BCUT2D eigenvalue weighted by Gasteiger charge is 2.57. The summed E-state index contributed by atoms with van der Waals surface area (Å²) in [6.07, 6.45) is 5.72. The minimum absolute atomic E-state index is 0.0436. The van der Waals surface area contributed by atoms with Crippen LogP contribution in [0.25, 0.3) is 0 Å². The van der Waals surface area contributed by atoms with Gasteiger partial charge in [0.25, 0.3) is 0 Å². The maximum atomic E-state index is 12.9. The Hall–Kier alpha value is -1.10.